The number of thioether (sulfide) groups is 1. The molecule has 1 amide bonds. The largest absolute Gasteiger partial charge is 0.431 e. The summed E-state index contributed by atoms with van der Waals surface area (Å²) in [7, 11) is 0. The molecular formula is C21H19N3O2S2. The van der Waals surface area contributed by atoms with Crippen LogP contribution in [0.1, 0.15) is 23.7 Å². The molecule has 0 aliphatic rings. The Morgan fingerprint density at radius 1 is 1.11 bits per heavy atom. The molecule has 0 fully saturated rings. The SMILES string of the molecule is CC(=O)N(c1nc(CSc2nc3ccccc3o2)cs1)c1c(C)cccc1C. The fourth-order valence-corrected chi connectivity index (χ4v) is 4.77. The molecule has 7 heteroatoms. The quantitative estimate of drug-likeness (QED) is 0.385. The Labute approximate surface area is 171 Å². The van der Waals surface area contributed by atoms with Crippen molar-refractivity contribution in [1.82, 2.24) is 9.97 Å². The van der Waals surface area contributed by atoms with Gasteiger partial charge in [0.2, 0.25) is 5.91 Å². The number of benzene rings is 2. The van der Waals surface area contributed by atoms with Gasteiger partial charge < -0.3 is 4.42 Å². The van der Waals surface area contributed by atoms with Crippen LogP contribution in [0.4, 0.5) is 10.8 Å². The molecule has 0 unspecified atom stereocenters. The summed E-state index contributed by atoms with van der Waals surface area (Å²) in [5.41, 5.74) is 5.52. The minimum Gasteiger partial charge on any atom is -0.431 e. The molecule has 2 aromatic heterocycles. The Kier molecular flexibility index (Phi) is 5.19. The molecule has 0 N–H and O–H groups in total. The lowest BCUT2D eigenvalue weighted by Gasteiger charge is -2.22. The van der Waals surface area contributed by atoms with Crippen molar-refractivity contribution < 1.29 is 9.21 Å². The lowest BCUT2D eigenvalue weighted by molar-refractivity contribution is -0.115. The maximum Gasteiger partial charge on any atom is 0.257 e. The van der Waals surface area contributed by atoms with E-state index in [2.05, 4.69) is 4.98 Å². The number of aromatic nitrogens is 2. The Hall–Kier alpha value is -2.64. The van der Waals surface area contributed by atoms with Crippen LogP contribution in [0.25, 0.3) is 11.1 Å². The van der Waals surface area contributed by atoms with Gasteiger partial charge in [-0.15, -0.1) is 11.3 Å². The standard InChI is InChI=1S/C21H19N3O2S2/c1-13-7-6-8-14(2)19(13)24(15(3)25)20-22-16(11-27-20)12-28-21-23-17-9-4-5-10-18(17)26-21/h4-11H,12H2,1-3H3. The number of nitrogens with zero attached hydrogens (tertiary/aromatic N) is 3. The van der Waals surface area contributed by atoms with E-state index < -0.39 is 0 Å². The second-order valence-corrected chi connectivity index (χ2v) is 8.22. The van der Waals surface area contributed by atoms with Crippen molar-refractivity contribution in [3.63, 3.8) is 0 Å². The minimum atomic E-state index is -0.0510. The maximum absolute atomic E-state index is 12.4. The number of anilines is 2. The summed E-state index contributed by atoms with van der Waals surface area (Å²) >= 11 is 2.97. The van der Waals surface area contributed by atoms with E-state index in [4.69, 9.17) is 9.40 Å². The molecule has 0 spiro atoms. The van der Waals surface area contributed by atoms with Gasteiger partial charge in [0.05, 0.1) is 11.4 Å². The summed E-state index contributed by atoms with van der Waals surface area (Å²) in [6.07, 6.45) is 0. The van der Waals surface area contributed by atoms with Gasteiger partial charge in [-0.2, -0.15) is 0 Å². The fourth-order valence-electron chi connectivity index (χ4n) is 3.06. The van der Waals surface area contributed by atoms with Crippen LogP contribution in [0.2, 0.25) is 0 Å². The van der Waals surface area contributed by atoms with Crippen LogP contribution >= 0.6 is 23.1 Å². The molecule has 5 nitrogen and oxygen atoms in total. The van der Waals surface area contributed by atoms with Crippen LogP contribution in [0.5, 0.6) is 0 Å². The molecule has 0 aliphatic carbocycles. The predicted octanol–water partition coefficient (Wildman–Crippen LogP) is 5.88. The number of carbonyl (C=O) groups excluding carboxylic acids is 1. The number of thiazole rings is 1. The Bertz CT molecular complexity index is 1100. The van der Waals surface area contributed by atoms with Gasteiger partial charge in [-0.05, 0) is 37.1 Å². The number of para-hydroxylation sites is 3. The first-order valence-corrected chi connectivity index (χ1v) is 10.7. The van der Waals surface area contributed by atoms with Crippen LogP contribution in [0.15, 0.2) is 57.5 Å². The van der Waals surface area contributed by atoms with Crippen molar-refractivity contribution in [3.8, 4) is 0 Å². The van der Waals surface area contributed by atoms with Gasteiger partial charge >= 0.3 is 0 Å². The van der Waals surface area contributed by atoms with Crippen molar-refractivity contribution in [2.45, 2.75) is 31.7 Å². The fraction of sp³-hybridized carbons (Fsp3) is 0.190. The molecule has 0 aliphatic heterocycles. The second-order valence-electron chi connectivity index (χ2n) is 6.45. The van der Waals surface area contributed by atoms with Crippen molar-refractivity contribution in [2.75, 3.05) is 4.90 Å². The third-order valence-corrected chi connectivity index (χ3v) is 6.06. The zero-order valence-electron chi connectivity index (χ0n) is 15.8. The number of oxazole rings is 1. The molecule has 0 saturated carbocycles. The molecule has 2 aromatic carbocycles. The van der Waals surface area contributed by atoms with Crippen molar-refractivity contribution in [1.29, 1.82) is 0 Å². The van der Waals surface area contributed by atoms with Crippen molar-refractivity contribution in [3.05, 3.63) is 64.7 Å². The summed E-state index contributed by atoms with van der Waals surface area (Å²) in [5.74, 6) is 0.576. The zero-order valence-corrected chi connectivity index (χ0v) is 17.4. The lowest BCUT2D eigenvalue weighted by Crippen LogP contribution is -2.24. The van der Waals surface area contributed by atoms with E-state index in [0.29, 0.717) is 16.1 Å². The molecule has 0 bridgehead atoms. The highest BCUT2D eigenvalue weighted by atomic mass is 32.2. The molecule has 28 heavy (non-hydrogen) atoms. The summed E-state index contributed by atoms with van der Waals surface area (Å²) in [6.45, 7) is 5.59. The lowest BCUT2D eigenvalue weighted by atomic mass is 10.1. The monoisotopic (exact) mass is 409 g/mol. The van der Waals surface area contributed by atoms with Gasteiger partial charge in [-0.25, -0.2) is 9.97 Å². The van der Waals surface area contributed by atoms with E-state index in [1.54, 1.807) is 11.8 Å². The molecule has 0 saturated heterocycles. The molecule has 2 heterocycles. The number of aryl methyl sites for hydroxylation is 2. The van der Waals surface area contributed by atoms with Gasteiger partial charge in [0, 0.05) is 18.1 Å². The van der Waals surface area contributed by atoms with Crippen LogP contribution < -0.4 is 4.90 Å². The highest BCUT2D eigenvalue weighted by molar-refractivity contribution is 7.98. The third-order valence-electron chi connectivity index (χ3n) is 4.33. The first-order valence-electron chi connectivity index (χ1n) is 8.82. The number of hydrogen-bond donors (Lipinski definition) is 0. The number of rotatable bonds is 5. The van der Waals surface area contributed by atoms with Crippen LogP contribution in [0.3, 0.4) is 0 Å². The van der Waals surface area contributed by atoms with Crippen molar-refractivity contribution >= 4 is 50.9 Å². The first kappa shape index (κ1) is 18.7. The molecule has 4 rings (SSSR count). The Morgan fingerprint density at radius 2 is 1.86 bits per heavy atom. The summed E-state index contributed by atoms with van der Waals surface area (Å²) in [5, 5.41) is 3.28. The highest BCUT2D eigenvalue weighted by Gasteiger charge is 2.21. The average molecular weight is 410 g/mol. The molecule has 142 valence electrons. The van der Waals surface area contributed by atoms with E-state index in [1.165, 1.54) is 23.1 Å². The normalized spacial score (nSPS) is 11.1. The highest BCUT2D eigenvalue weighted by Crippen LogP contribution is 2.35. The number of hydrogen-bond acceptors (Lipinski definition) is 6. The van der Waals surface area contributed by atoms with Gasteiger partial charge in [0.1, 0.15) is 5.52 Å². The number of amides is 1. The van der Waals surface area contributed by atoms with Gasteiger partial charge in [0.15, 0.2) is 10.7 Å². The first-order chi connectivity index (χ1) is 13.5. The summed E-state index contributed by atoms with van der Waals surface area (Å²) < 4.78 is 5.75. The predicted molar refractivity (Wildman–Crippen MR) is 114 cm³/mol. The van der Waals surface area contributed by atoms with E-state index in [0.717, 1.165) is 33.6 Å². The van der Waals surface area contributed by atoms with Crippen molar-refractivity contribution in [2.24, 2.45) is 0 Å². The molecular weight excluding hydrogens is 390 g/mol. The second kappa shape index (κ2) is 7.77. The van der Waals surface area contributed by atoms with Crippen LogP contribution in [-0.4, -0.2) is 15.9 Å². The summed E-state index contributed by atoms with van der Waals surface area (Å²) in [6, 6.07) is 13.7. The third kappa shape index (κ3) is 3.68. The van der Waals surface area contributed by atoms with Gasteiger partial charge in [-0.1, -0.05) is 42.1 Å². The van der Waals surface area contributed by atoms with Crippen LogP contribution in [-0.2, 0) is 10.5 Å². The van der Waals surface area contributed by atoms with E-state index in [9.17, 15) is 4.79 Å². The van der Waals surface area contributed by atoms with Gasteiger partial charge in [-0.3, -0.25) is 9.69 Å². The summed E-state index contributed by atoms with van der Waals surface area (Å²) in [4.78, 5) is 23.3. The zero-order chi connectivity index (χ0) is 19.7. The van der Waals surface area contributed by atoms with Crippen LogP contribution in [0, 0.1) is 13.8 Å². The Balaban J connectivity index is 1.56. The number of fused-ring (bicyclic) bond motifs is 1. The Morgan fingerprint density at radius 3 is 2.57 bits per heavy atom. The van der Waals surface area contributed by atoms with Gasteiger partial charge in [0.25, 0.3) is 5.22 Å². The average Bonchev–Trinajstić information content (AvgIpc) is 3.29. The minimum absolute atomic E-state index is 0.0510. The van der Waals surface area contributed by atoms with E-state index in [-0.39, 0.29) is 5.91 Å². The maximum atomic E-state index is 12.4. The molecule has 0 radical (unpaired) electrons. The number of carbonyl (C=O) groups is 1. The topological polar surface area (TPSA) is 59.2 Å². The smallest absolute Gasteiger partial charge is 0.257 e. The van der Waals surface area contributed by atoms with E-state index in [1.807, 2.05) is 61.7 Å². The molecule has 0 atom stereocenters. The molecule has 4 aromatic rings. The van der Waals surface area contributed by atoms with E-state index >= 15 is 0 Å².